The van der Waals surface area contributed by atoms with Crippen molar-refractivity contribution in [3.8, 4) is 0 Å². The molecule has 0 spiro atoms. The van der Waals surface area contributed by atoms with Crippen molar-refractivity contribution in [3.05, 3.63) is 11.1 Å². The number of nitrogens with one attached hydrogen (secondary N) is 3. The Bertz CT molecular complexity index is 450. The minimum absolute atomic E-state index is 0.0155. The van der Waals surface area contributed by atoms with Crippen LogP contribution in [0.4, 0.5) is 5.13 Å². The second-order valence-electron chi connectivity index (χ2n) is 5.60. The molecule has 2 aliphatic rings. The Labute approximate surface area is 123 Å². The van der Waals surface area contributed by atoms with E-state index in [1.807, 2.05) is 6.20 Å². The molecule has 1 saturated carbocycles. The van der Waals surface area contributed by atoms with E-state index in [0.717, 1.165) is 18.2 Å². The summed E-state index contributed by atoms with van der Waals surface area (Å²) < 4.78 is 0. The van der Waals surface area contributed by atoms with Crippen LogP contribution >= 0.6 is 11.3 Å². The summed E-state index contributed by atoms with van der Waals surface area (Å²) >= 11 is 1.64. The molecule has 1 unspecified atom stereocenters. The average Bonchev–Trinajstić information content (AvgIpc) is 2.97. The lowest BCUT2D eigenvalue weighted by molar-refractivity contribution is -0.118. The molecule has 1 amide bonds. The number of aromatic nitrogens is 1. The number of anilines is 1. The van der Waals surface area contributed by atoms with E-state index in [4.69, 9.17) is 0 Å². The SMILES string of the molecule is O=C(Nc1ncc(C2CCCCC2)s1)C1CNCCN1. The monoisotopic (exact) mass is 294 g/mol. The predicted molar refractivity (Wildman–Crippen MR) is 81.2 cm³/mol. The van der Waals surface area contributed by atoms with E-state index >= 15 is 0 Å². The molecule has 1 aliphatic carbocycles. The molecule has 1 aromatic rings. The molecule has 2 heterocycles. The van der Waals surface area contributed by atoms with Gasteiger partial charge in [-0.3, -0.25) is 4.79 Å². The molecular weight excluding hydrogens is 272 g/mol. The highest BCUT2D eigenvalue weighted by Crippen LogP contribution is 2.36. The van der Waals surface area contributed by atoms with Crippen molar-refractivity contribution in [1.82, 2.24) is 15.6 Å². The number of hydrogen-bond donors (Lipinski definition) is 3. The van der Waals surface area contributed by atoms with Crippen LogP contribution < -0.4 is 16.0 Å². The summed E-state index contributed by atoms with van der Waals surface area (Å²) in [6.45, 7) is 2.45. The van der Waals surface area contributed by atoms with Gasteiger partial charge in [-0.25, -0.2) is 4.98 Å². The van der Waals surface area contributed by atoms with Crippen molar-refractivity contribution in [2.24, 2.45) is 0 Å². The molecule has 1 aliphatic heterocycles. The van der Waals surface area contributed by atoms with Gasteiger partial charge in [0.1, 0.15) is 0 Å². The van der Waals surface area contributed by atoms with Gasteiger partial charge in [0.15, 0.2) is 5.13 Å². The van der Waals surface area contributed by atoms with Crippen molar-refractivity contribution in [2.75, 3.05) is 25.0 Å². The Hall–Kier alpha value is -0.980. The molecule has 5 nitrogen and oxygen atoms in total. The van der Waals surface area contributed by atoms with Gasteiger partial charge in [0.05, 0.1) is 6.04 Å². The van der Waals surface area contributed by atoms with Crippen LogP contribution in [0.5, 0.6) is 0 Å². The topological polar surface area (TPSA) is 66.0 Å². The third-order valence-electron chi connectivity index (χ3n) is 4.12. The zero-order chi connectivity index (χ0) is 13.8. The smallest absolute Gasteiger partial charge is 0.244 e. The molecule has 0 radical (unpaired) electrons. The van der Waals surface area contributed by atoms with Gasteiger partial charge < -0.3 is 16.0 Å². The number of piperazine rings is 1. The van der Waals surface area contributed by atoms with Crippen molar-refractivity contribution in [1.29, 1.82) is 0 Å². The van der Waals surface area contributed by atoms with Crippen LogP contribution in [0.25, 0.3) is 0 Å². The number of rotatable bonds is 3. The number of hydrogen-bond acceptors (Lipinski definition) is 5. The molecule has 20 heavy (non-hydrogen) atoms. The average molecular weight is 294 g/mol. The first-order chi connectivity index (χ1) is 9.83. The molecule has 110 valence electrons. The molecular formula is C14H22N4OS. The minimum atomic E-state index is -0.147. The Morgan fingerprint density at radius 3 is 2.90 bits per heavy atom. The fourth-order valence-electron chi connectivity index (χ4n) is 2.95. The highest BCUT2D eigenvalue weighted by atomic mass is 32.1. The minimum Gasteiger partial charge on any atom is -0.313 e. The lowest BCUT2D eigenvalue weighted by atomic mass is 9.89. The van der Waals surface area contributed by atoms with Gasteiger partial charge in [0.25, 0.3) is 0 Å². The first kappa shape index (κ1) is 14.0. The van der Waals surface area contributed by atoms with E-state index in [9.17, 15) is 4.79 Å². The highest BCUT2D eigenvalue weighted by Gasteiger charge is 2.22. The van der Waals surface area contributed by atoms with E-state index in [-0.39, 0.29) is 11.9 Å². The summed E-state index contributed by atoms with van der Waals surface area (Å²) in [5.74, 6) is 0.670. The van der Waals surface area contributed by atoms with Gasteiger partial charge in [0.2, 0.25) is 5.91 Å². The third kappa shape index (κ3) is 3.37. The van der Waals surface area contributed by atoms with Gasteiger partial charge in [-0.15, -0.1) is 11.3 Å². The van der Waals surface area contributed by atoms with Gasteiger partial charge in [0, 0.05) is 30.7 Å². The predicted octanol–water partition coefficient (Wildman–Crippen LogP) is 1.69. The third-order valence-corrected chi connectivity index (χ3v) is 5.19. The maximum absolute atomic E-state index is 12.1. The lowest BCUT2D eigenvalue weighted by Gasteiger charge is -2.23. The molecule has 3 rings (SSSR count). The van der Waals surface area contributed by atoms with Gasteiger partial charge in [-0.2, -0.15) is 0 Å². The van der Waals surface area contributed by atoms with Gasteiger partial charge in [-0.05, 0) is 18.8 Å². The molecule has 2 fully saturated rings. The zero-order valence-corrected chi connectivity index (χ0v) is 12.5. The quantitative estimate of drug-likeness (QED) is 0.794. The Kier molecular flexibility index (Phi) is 4.65. The normalized spacial score (nSPS) is 24.5. The standard InChI is InChI=1S/C14H22N4OS/c19-13(11-8-15-6-7-16-11)18-14-17-9-12(20-14)10-4-2-1-3-5-10/h9-11,15-16H,1-8H2,(H,17,18,19). The molecule has 0 aromatic carbocycles. The van der Waals surface area contributed by atoms with Crippen molar-refractivity contribution < 1.29 is 4.79 Å². The maximum Gasteiger partial charge on any atom is 0.244 e. The summed E-state index contributed by atoms with van der Waals surface area (Å²) in [7, 11) is 0. The van der Waals surface area contributed by atoms with E-state index in [1.54, 1.807) is 11.3 Å². The summed E-state index contributed by atoms with van der Waals surface area (Å²) in [5, 5.41) is 10.1. The van der Waals surface area contributed by atoms with Gasteiger partial charge >= 0.3 is 0 Å². The molecule has 1 aromatic heterocycles. The Morgan fingerprint density at radius 1 is 1.30 bits per heavy atom. The second kappa shape index (κ2) is 6.65. The first-order valence-corrected chi connectivity index (χ1v) is 8.35. The van der Waals surface area contributed by atoms with Crippen LogP contribution in [0.15, 0.2) is 6.20 Å². The summed E-state index contributed by atoms with van der Waals surface area (Å²) in [4.78, 5) is 17.8. The number of thiazole rings is 1. The number of carbonyl (C=O) groups is 1. The second-order valence-corrected chi connectivity index (χ2v) is 6.67. The molecule has 0 bridgehead atoms. The van der Waals surface area contributed by atoms with E-state index < -0.39 is 0 Å². The number of carbonyl (C=O) groups excluding carboxylic acids is 1. The van der Waals surface area contributed by atoms with Crippen LogP contribution in [-0.2, 0) is 4.79 Å². The highest BCUT2D eigenvalue weighted by molar-refractivity contribution is 7.15. The van der Waals surface area contributed by atoms with Crippen LogP contribution in [0.2, 0.25) is 0 Å². The van der Waals surface area contributed by atoms with E-state index in [1.165, 1.54) is 37.0 Å². The Balaban J connectivity index is 1.57. The largest absolute Gasteiger partial charge is 0.313 e. The van der Waals surface area contributed by atoms with Crippen LogP contribution in [0, 0.1) is 0 Å². The maximum atomic E-state index is 12.1. The van der Waals surface area contributed by atoms with Crippen LogP contribution in [0.1, 0.15) is 42.9 Å². The van der Waals surface area contributed by atoms with Crippen LogP contribution in [-0.4, -0.2) is 36.6 Å². The summed E-state index contributed by atoms with van der Waals surface area (Å²) in [6.07, 6.45) is 8.49. The fraction of sp³-hybridized carbons (Fsp3) is 0.714. The van der Waals surface area contributed by atoms with Crippen molar-refractivity contribution in [3.63, 3.8) is 0 Å². The van der Waals surface area contributed by atoms with E-state index in [0.29, 0.717) is 12.5 Å². The zero-order valence-electron chi connectivity index (χ0n) is 11.7. The van der Waals surface area contributed by atoms with Crippen molar-refractivity contribution in [2.45, 2.75) is 44.1 Å². The first-order valence-electron chi connectivity index (χ1n) is 7.53. The molecule has 3 N–H and O–H groups in total. The summed E-state index contributed by atoms with van der Waals surface area (Å²) in [5.41, 5.74) is 0. The number of nitrogens with zero attached hydrogens (tertiary/aromatic N) is 1. The van der Waals surface area contributed by atoms with Crippen LogP contribution in [0.3, 0.4) is 0 Å². The van der Waals surface area contributed by atoms with Gasteiger partial charge in [-0.1, -0.05) is 19.3 Å². The summed E-state index contributed by atoms with van der Waals surface area (Å²) in [6, 6.07) is -0.147. The molecule has 1 saturated heterocycles. The fourth-order valence-corrected chi connectivity index (χ4v) is 3.94. The lowest BCUT2D eigenvalue weighted by Crippen LogP contribution is -2.54. The number of amides is 1. The van der Waals surface area contributed by atoms with E-state index in [2.05, 4.69) is 20.9 Å². The van der Waals surface area contributed by atoms with Crippen molar-refractivity contribution >= 4 is 22.4 Å². The molecule has 6 heteroatoms. The Morgan fingerprint density at radius 2 is 2.15 bits per heavy atom. The molecule has 1 atom stereocenters.